The van der Waals surface area contributed by atoms with Gasteiger partial charge in [-0.3, -0.25) is 4.79 Å². The topological polar surface area (TPSA) is 46.3 Å². The number of carbonyl (C=O) groups is 1. The molecule has 21 heavy (non-hydrogen) atoms. The van der Waals surface area contributed by atoms with E-state index in [4.69, 9.17) is 5.73 Å². The number of hydrogen-bond donors (Lipinski definition) is 1. The molecule has 0 heterocycles. The van der Waals surface area contributed by atoms with Gasteiger partial charge in [0.2, 0.25) is 5.91 Å². The van der Waals surface area contributed by atoms with E-state index in [1.807, 2.05) is 11.9 Å². The van der Waals surface area contributed by atoms with Gasteiger partial charge in [0.25, 0.3) is 0 Å². The molecular weight excluding hydrogens is 284 g/mol. The fraction of sp³-hybridized carbons (Fsp3) is 0.588. The largest absolute Gasteiger partial charge is 0.341 e. The molecule has 0 unspecified atom stereocenters. The highest BCUT2D eigenvalue weighted by atomic mass is 35.5. The second-order valence-electron chi connectivity index (χ2n) is 5.98. The maximum Gasteiger partial charge on any atom is 0.222 e. The minimum absolute atomic E-state index is 0. The Bertz CT molecular complexity index is 447. The Balaban J connectivity index is 0.00000220. The van der Waals surface area contributed by atoms with Crippen LogP contribution in [0, 0.1) is 5.92 Å². The lowest BCUT2D eigenvalue weighted by molar-refractivity contribution is -0.131. The van der Waals surface area contributed by atoms with Crippen molar-refractivity contribution in [3.8, 4) is 0 Å². The van der Waals surface area contributed by atoms with Gasteiger partial charge in [0.1, 0.15) is 0 Å². The average Bonchev–Trinajstić information content (AvgIpc) is 2.85. The summed E-state index contributed by atoms with van der Waals surface area (Å²) in [6.45, 7) is 2.83. The van der Waals surface area contributed by atoms with Crippen molar-refractivity contribution < 1.29 is 4.79 Å². The van der Waals surface area contributed by atoms with E-state index >= 15 is 0 Å². The first-order valence-electron chi connectivity index (χ1n) is 7.67. The smallest absolute Gasteiger partial charge is 0.222 e. The van der Waals surface area contributed by atoms with Crippen molar-refractivity contribution in [3.05, 3.63) is 35.4 Å². The number of halogens is 1. The summed E-state index contributed by atoms with van der Waals surface area (Å²) >= 11 is 0. The van der Waals surface area contributed by atoms with Crippen molar-refractivity contribution in [1.29, 1.82) is 0 Å². The van der Waals surface area contributed by atoms with Crippen LogP contribution in [-0.4, -0.2) is 23.9 Å². The molecule has 2 atom stereocenters. The molecule has 2 rings (SSSR count). The molecule has 1 amide bonds. The Hall–Kier alpha value is -1.06. The number of nitrogens with two attached hydrogens (primary N) is 1. The van der Waals surface area contributed by atoms with E-state index in [2.05, 4.69) is 31.2 Å². The molecule has 0 aromatic heterocycles. The summed E-state index contributed by atoms with van der Waals surface area (Å²) in [6.07, 6.45) is 4.99. The third-order valence-electron chi connectivity index (χ3n) is 4.43. The molecule has 1 aromatic rings. The van der Waals surface area contributed by atoms with Crippen LogP contribution in [0.4, 0.5) is 0 Å². The molecular formula is C17H27ClN2O. The molecule has 3 nitrogen and oxygen atoms in total. The van der Waals surface area contributed by atoms with Crippen molar-refractivity contribution >= 4 is 18.3 Å². The van der Waals surface area contributed by atoms with Crippen molar-refractivity contribution in [3.63, 3.8) is 0 Å². The van der Waals surface area contributed by atoms with Crippen LogP contribution < -0.4 is 5.73 Å². The molecule has 1 fully saturated rings. The normalized spacial score (nSPS) is 20.9. The molecule has 2 N–H and O–H groups in total. The van der Waals surface area contributed by atoms with Gasteiger partial charge in [-0.25, -0.2) is 0 Å². The first kappa shape index (κ1) is 18.0. The van der Waals surface area contributed by atoms with Gasteiger partial charge in [-0.15, -0.1) is 12.4 Å². The zero-order chi connectivity index (χ0) is 14.5. The fourth-order valence-corrected chi connectivity index (χ4v) is 2.94. The molecule has 1 saturated carbocycles. The lowest BCUT2D eigenvalue weighted by atomic mass is 9.99. The summed E-state index contributed by atoms with van der Waals surface area (Å²) in [4.78, 5) is 14.1. The quantitative estimate of drug-likeness (QED) is 0.908. The molecule has 0 saturated heterocycles. The van der Waals surface area contributed by atoms with Crippen LogP contribution in [0.3, 0.4) is 0 Å². The average molecular weight is 311 g/mol. The lowest BCUT2D eigenvalue weighted by Crippen LogP contribution is -2.32. The predicted octanol–water partition coefficient (Wildman–Crippen LogP) is 3.15. The van der Waals surface area contributed by atoms with Crippen LogP contribution in [-0.2, 0) is 17.8 Å². The summed E-state index contributed by atoms with van der Waals surface area (Å²) in [5.74, 6) is 0.597. The maximum atomic E-state index is 12.2. The molecule has 118 valence electrons. The zero-order valence-corrected chi connectivity index (χ0v) is 13.9. The number of nitrogens with zero attached hydrogens (tertiary/aromatic N) is 1. The van der Waals surface area contributed by atoms with Crippen LogP contribution in [0.15, 0.2) is 24.3 Å². The SMILES string of the molecule is CCc1ccc(CN(C)C(=O)C[C@@H]2CCC[C@H]2N)cc1.Cl. The van der Waals surface area contributed by atoms with Crippen LogP contribution in [0.5, 0.6) is 0 Å². The second-order valence-corrected chi connectivity index (χ2v) is 5.98. The highest BCUT2D eigenvalue weighted by molar-refractivity contribution is 5.85. The van der Waals surface area contributed by atoms with Gasteiger partial charge in [-0.05, 0) is 36.3 Å². The van der Waals surface area contributed by atoms with Gasteiger partial charge in [-0.2, -0.15) is 0 Å². The van der Waals surface area contributed by atoms with Gasteiger partial charge in [0, 0.05) is 26.1 Å². The van der Waals surface area contributed by atoms with E-state index in [9.17, 15) is 4.79 Å². The Kier molecular flexibility index (Phi) is 7.20. The highest BCUT2D eigenvalue weighted by Crippen LogP contribution is 2.27. The monoisotopic (exact) mass is 310 g/mol. The number of benzene rings is 1. The standard InChI is InChI=1S/C17H26N2O.ClH/c1-3-13-7-9-14(10-8-13)12-19(2)17(20)11-15-5-4-6-16(15)18;/h7-10,15-16H,3-6,11-12,18H2,1-2H3;1H/t15-,16+;/m0./s1. The van der Waals surface area contributed by atoms with Gasteiger partial charge in [0.15, 0.2) is 0 Å². The predicted molar refractivity (Wildman–Crippen MR) is 89.5 cm³/mol. The first-order chi connectivity index (χ1) is 9.60. The first-order valence-corrected chi connectivity index (χ1v) is 7.67. The van der Waals surface area contributed by atoms with E-state index in [-0.39, 0.29) is 24.4 Å². The third-order valence-corrected chi connectivity index (χ3v) is 4.43. The lowest BCUT2D eigenvalue weighted by Gasteiger charge is -2.21. The van der Waals surface area contributed by atoms with Crippen molar-refractivity contribution in [1.82, 2.24) is 4.90 Å². The van der Waals surface area contributed by atoms with E-state index in [1.165, 1.54) is 17.5 Å². The number of amides is 1. The van der Waals surface area contributed by atoms with Gasteiger partial charge in [-0.1, -0.05) is 37.6 Å². The molecule has 1 aromatic carbocycles. The molecule has 0 aliphatic heterocycles. The van der Waals surface area contributed by atoms with E-state index in [0.29, 0.717) is 18.9 Å². The summed E-state index contributed by atoms with van der Waals surface area (Å²) in [7, 11) is 1.89. The van der Waals surface area contributed by atoms with Crippen LogP contribution >= 0.6 is 12.4 Å². The maximum absolute atomic E-state index is 12.2. The highest BCUT2D eigenvalue weighted by Gasteiger charge is 2.27. The zero-order valence-electron chi connectivity index (χ0n) is 13.0. The van der Waals surface area contributed by atoms with Crippen LogP contribution in [0.1, 0.15) is 43.7 Å². The Morgan fingerprint density at radius 2 is 1.86 bits per heavy atom. The third kappa shape index (κ3) is 5.01. The second kappa shape index (κ2) is 8.40. The van der Waals surface area contributed by atoms with E-state index in [1.54, 1.807) is 0 Å². The van der Waals surface area contributed by atoms with Gasteiger partial charge >= 0.3 is 0 Å². The fourth-order valence-electron chi connectivity index (χ4n) is 2.94. The molecule has 0 bridgehead atoms. The summed E-state index contributed by atoms with van der Waals surface area (Å²) in [5, 5.41) is 0. The molecule has 0 radical (unpaired) electrons. The number of aryl methyl sites for hydroxylation is 1. The summed E-state index contributed by atoms with van der Waals surface area (Å²) < 4.78 is 0. The Morgan fingerprint density at radius 1 is 1.24 bits per heavy atom. The minimum Gasteiger partial charge on any atom is -0.341 e. The Morgan fingerprint density at radius 3 is 2.38 bits per heavy atom. The molecule has 1 aliphatic carbocycles. The summed E-state index contributed by atoms with van der Waals surface area (Å²) in [6, 6.07) is 8.73. The van der Waals surface area contributed by atoms with E-state index in [0.717, 1.165) is 19.3 Å². The van der Waals surface area contributed by atoms with Crippen molar-refractivity contribution in [2.45, 2.75) is 51.6 Å². The minimum atomic E-state index is 0. The van der Waals surface area contributed by atoms with Crippen LogP contribution in [0.25, 0.3) is 0 Å². The number of carbonyl (C=O) groups excluding carboxylic acids is 1. The Labute approximate surface area is 134 Å². The molecule has 1 aliphatic rings. The van der Waals surface area contributed by atoms with Gasteiger partial charge < -0.3 is 10.6 Å². The summed E-state index contributed by atoms with van der Waals surface area (Å²) in [5.41, 5.74) is 8.56. The van der Waals surface area contributed by atoms with E-state index < -0.39 is 0 Å². The number of rotatable bonds is 5. The molecule has 4 heteroatoms. The molecule has 0 spiro atoms. The van der Waals surface area contributed by atoms with Crippen LogP contribution in [0.2, 0.25) is 0 Å². The van der Waals surface area contributed by atoms with Gasteiger partial charge in [0.05, 0.1) is 0 Å². The number of hydrogen-bond acceptors (Lipinski definition) is 2. The van der Waals surface area contributed by atoms with Crippen molar-refractivity contribution in [2.75, 3.05) is 7.05 Å². The van der Waals surface area contributed by atoms with Crippen molar-refractivity contribution in [2.24, 2.45) is 11.7 Å².